The van der Waals surface area contributed by atoms with E-state index in [-0.39, 0.29) is 0 Å². The molecule has 0 radical (unpaired) electrons. The molecule has 0 aliphatic carbocycles. The van der Waals surface area contributed by atoms with Gasteiger partial charge in [0, 0.05) is 17.1 Å². The van der Waals surface area contributed by atoms with Gasteiger partial charge in [0.25, 0.3) is 5.91 Å². The Hall–Kier alpha value is -4.34. The number of anilines is 2. The van der Waals surface area contributed by atoms with Crippen molar-refractivity contribution in [3.63, 3.8) is 0 Å². The van der Waals surface area contributed by atoms with Gasteiger partial charge in [-0.3, -0.25) is 4.79 Å². The number of fused-ring (bicyclic) bond motifs is 1. The molecule has 2 aromatic carbocycles. The van der Waals surface area contributed by atoms with Crippen LogP contribution in [0, 0.1) is 0 Å². The van der Waals surface area contributed by atoms with Crippen LogP contribution in [0.3, 0.4) is 0 Å². The van der Waals surface area contributed by atoms with Crippen LogP contribution in [0.25, 0.3) is 32.6 Å². The van der Waals surface area contributed by atoms with Gasteiger partial charge in [-0.15, -0.1) is 11.3 Å². The summed E-state index contributed by atoms with van der Waals surface area (Å²) in [4.78, 5) is 23.2. The quantitative estimate of drug-likeness (QED) is 0.238. The maximum Gasteiger partial charge on any atom is 0.269 e. The van der Waals surface area contributed by atoms with E-state index in [2.05, 4.69) is 10.3 Å². The molecule has 0 spiro atoms. The maximum atomic E-state index is 13.2. The summed E-state index contributed by atoms with van der Waals surface area (Å²) in [6.07, 6.45) is 1.46. The first-order valence-corrected chi connectivity index (χ1v) is 12.6. The molecule has 192 valence electrons. The molecule has 3 N–H and O–H groups in total. The third kappa shape index (κ3) is 4.69. The zero-order chi connectivity index (χ0) is 26.8. The molecule has 10 heteroatoms. The highest BCUT2D eigenvalue weighted by Crippen LogP contribution is 2.46. The molecule has 38 heavy (non-hydrogen) atoms. The van der Waals surface area contributed by atoms with Gasteiger partial charge in [-0.05, 0) is 41.5 Å². The second-order valence-electron chi connectivity index (χ2n) is 8.18. The van der Waals surface area contributed by atoms with E-state index in [1.54, 1.807) is 33.5 Å². The van der Waals surface area contributed by atoms with E-state index in [4.69, 9.17) is 36.5 Å². The van der Waals surface area contributed by atoms with Crippen molar-refractivity contribution >= 4 is 50.6 Å². The number of methoxy groups -OCH3 is 3. The first-order chi connectivity index (χ1) is 18.4. The number of ether oxygens (including phenoxy) is 3. The number of nitrogen functional groups attached to an aromatic ring is 1. The number of hydrogen-bond donors (Lipinski definition) is 2. The average Bonchev–Trinajstić information content (AvgIpc) is 3.29. The zero-order valence-electron chi connectivity index (χ0n) is 20.7. The van der Waals surface area contributed by atoms with Gasteiger partial charge in [-0.1, -0.05) is 41.9 Å². The van der Waals surface area contributed by atoms with Gasteiger partial charge in [-0.2, -0.15) is 0 Å². The number of hydrogen-bond acceptors (Lipinski definition) is 8. The zero-order valence-corrected chi connectivity index (χ0v) is 22.3. The molecular weight excluding hydrogens is 524 g/mol. The van der Waals surface area contributed by atoms with Crippen molar-refractivity contribution < 1.29 is 19.0 Å². The lowest BCUT2D eigenvalue weighted by molar-refractivity contribution is 0.103. The van der Waals surface area contributed by atoms with Gasteiger partial charge >= 0.3 is 0 Å². The lowest BCUT2D eigenvalue weighted by Crippen LogP contribution is -2.12. The molecule has 0 atom stereocenters. The average molecular weight is 547 g/mol. The van der Waals surface area contributed by atoms with Gasteiger partial charge in [0.1, 0.15) is 15.5 Å². The largest absolute Gasteiger partial charge is 0.493 e. The minimum Gasteiger partial charge on any atom is -0.493 e. The molecule has 3 aromatic heterocycles. The fourth-order valence-corrected chi connectivity index (χ4v) is 5.26. The minimum atomic E-state index is -0.391. The number of pyridine rings is 2. The first kappa shape index (κ1) is 25.3. The molecule has 0 bridgehead atoms. The molecule has 3 heterocycles. The number of nitrogens with zero attached hydrogens (tertiary/aromatic N) is 2. The number of aromatic nitrogens is 2. The van der Waals surface area contributed by atoms with Gasteiger partial charge in [0.2, 0.25) is 5.75 Å². The third-order valence-corrected chi connectivity index (χ3v) is 7.24. The van der Waals surface area contributed by atoms with E-state index in [0.717, 1.165) is 22.4 Å². The van der Waals surface area contributed by atoms with Crippen LogP contribution in [0.1, 0.15) is 9.67 Å². The van der Waals surface area contributed by atoms with E-state index in [1.165, 1.54) is 17.5 Å². The molecule has 5 rings (SSSR count). The van der Waals surface area contributed by atoms with Crippen molar-refractivity contribution in [1.82, 2.24) is 9.97 Å². The Labute approximate surface area is 228 Å². The molecule has 5 aromatic rings. The summed E-state index contributed by atoms with van der Waals surface area (Å²) in [6.45, 7) is 0. The Morgan fingerprint density at radius 1 is 0.947 bits per heavy atom. The molecule has 0 aliphatic heterocycles. The molecule has 0 aliphatic rings. The topological polar surface area (TPSA) is 109 Å². The predicted molar refractivity (Wildman–Crippen MR) is 152 cm³/mol. The highest BCUT2D eigenvalue weighted by atomic mass is 35.5. The number of amides is 1. The van der Waals surface area contributed by atoms with Crippen LogP contribution >= 0.6 is 22.9 Å². The second kappa shape index (κ2) is 10.6. The number of rotatable bonds is 7. The minimum absolute atomic E-state index is 0.312. The number of carbonyl (C=O) groups excluding carboxylic acids is 1. The lowest BCUT2D eigenvalue weighted by atomic mass is 9.98. The van der Waals surface area contributed by atoms with E-state index in [9.17, 15) is 4.79 Å². The summed E-state index contributed by atoms with van der Waals surface area (Å²) >= 11 is 7.13. The van der Waals surface area contributed by atoms with Crippen LogP contribution in [0.15, 0.2) is 66.9 Å². The Morgan fingerprint density at radius 2 is 1.66 bits per heavy atom. The number of nitrogens with two attached hydrogens (primary N) is 1. The number of thiophene rings is 1. The smallest absolute Gasteiger partial charge is 0.269 e. The van der Waals surface area contributed by atoms with Crippen LogP contribution in [0.4, 0.5) is 11.5 Å². The molecule has 1 amide bonds. The monoisotopic (exact) mass is 546 g/mol. The first-order valence-electron chi connectivity index (χ1n) is 11.4. The van der Waals surface area contributed by atoms with E-state index in [1.807, 2.05) is 48.5 Å². The van der Waals surface area contributed by atoms with Crippen molar-refractivity contribution in [3.8, 4) is 39.6 Å². The van der Waals surface area contributed by atoms with Crippen LogP contribution in [0.2, 0.25) is 5.02 Å². The predicted octanol–water partition coefficient (Wildman–Crippen LogP) is 6.54. The summed E-state index contributed by atoms with van der Waals surface area (Å²) in [6, 6.07) is 18.7. The number of nitrogens with one attached hydrogen (secondary N) is 1. The van der Waals surface area contributed by atoms with E-state index < -0.39 is 5.91 Å². The summed E-state index contributed by atoms with van der Waals surface area (Å²) < 4.78 is 16.7. The number of carbonyl (C=O) groups is 1. The van der Waals surface area contributed by atoms with Gasteiger partial charge < -0.3 is 25.3 Å². The molecule has 0 saturated heterocycles. The summed E-state index contributed by atoms with van der Waals surface area (Å²) in [5.41, 5.74) is 10.1. The fraction of sp³-hybridized carbons (Fsp3) is 0.107. The molecule has 8 nitrogen and oxygen atoms in total. The highest BCUT2D eigenvalue weighted by Gasteiger charge is 2.24. The molecule has 0 unspecified atom stereocenters. The summed E-state index contributed by atoms with van der Waals surface area (Å²) in [5.74, 6) is 1.43. The fourth-order valence-electron chi connectivity index (χ4n) is 4.13. The van der Waals surface area contributed by atoms with Crippen molar-refractivity contribution in [3.05, 3.63) is 76.8 Å². The maximum absolute atomic E-state index is 13.2. The molecule has 0 saturated carbocycles. The third-order valence-electron chi connectivity index (χ3n) is 5.92. The standard InChI is InChI=1S/C28H23ClN4O4S/c1-35-20-11-16(12-21(36-2)25(20)37-3)18-13-19(15-7-5-4-6-8-15)32-28-23(18)24(30)26(38-28)27(34)33-22-10-9-17(29)14-31-22/h4-14H,30H2,1-3H3,(H,31,33,34). The van der Waals surface area contributed by atoms with Crippen molar-refractivity contribution in [2.75, 3.05) is 32.4 Å². The normalized spacial score (nSPS) is 10.8. The number of benzene rings is 2. The van der Waals surface area contributed by atoms with Crippen LogP contribution < -0.4 is 25.3 Å². The Morgan fingerprint density at radius 3 is 2.26 bits per heavy atom. The molecular formula is C28H23ClN4O4S. The second-order valence-corrected chi connectivity index (χ2v) is 9.61. The van der Waals surface area contributed by atoms with Crippen LogP contribution in [-0.4, -0.2) is 37.2 Å². The van der Waals surface area contributed by atoms with Crippen molar-refractivity contribution in [2.24, 2.45) is 0 Å². The van der Waals surface area contributed by atoms with Gasteiger partial charge in [0.05, 0.1) is 37.7 Å². The Balaban J connectivity index is 1.72. The van der Waals surface area contributed by atoms with Gasteiger partial charge in [0.15, 0.2) is 11.5 Å². The van der Waals surface area contributed by atoms with Crippen molar-refractivity contribution in [1.29, 1.82) is 0 Å². The Bertz CT molecular complexity index is 1610. The van der Waals surface area contributed by atoms with Crippen molar-refractivity contribution in [2.45, 2.75) is 0 Å². The van der Waals surface area contributed by atoms with Gasteiger partial charge in [-0.25, -0.2) is 9.97 Å². The van der Waals surface area contributed by atoms with Crippen LogP contribution in [0.5, 0.6) is 17.2 Å². The lowest BCUT2D eigenvalue weighted by Gasteiger charge is -2.15. The number of halogens is 1. The SMILES string of the molecule is COc1cc(-c2cc(-c3ccccc3)nc3sc(C(=O)Nc4ccc(Cl)cn4)c(N)c23)cc(OC)c1OC. The molecule has 0 fully saturated rings. The Kier molecular flexibility index (Phi) is 7.04. The van der Waals surface area contributed by atoms with Crippen LogP contribution in [-0.2, 0) is 0 Å². The summed E-state index contributed by atoms with van der Waals surface area (Å²) in [7, 11) is 4.67. The highest BCUT2D eigenvalue weighted by molar-refractivity contribution is 7.21. The summed E-state index contributed by atoms with van der Waals surface area (Å²) in [5, 5.41) is 3.90. The van der Waals surface area contributed by atoms with E-state index >= 15 is 0 Å². The van der Waals surface area contributed by atoms with E-state index in [0.29, 0.717) is 48.9 Å².